The van der Waals surface area contributed by atoms with Crippen LogP contribution in [0.25, 0.3) is 11.3 Å². The van der Waals surface area contributed by atoms with Crippen LogP contribution in [0.5, 0.6) is 5.75 Å². The molecule has 1 amide bonds. The normalized spacial score (nSPS) is 11.2. The summed E-state index contributed by atoms with van der Waals surface area (Å²) in [7, 11) is -3.56. The summed E-state index contributed by atoms with van der Waals surface area (Å²) < 4.78 is 29.9. The van der Waals surface area contributed by atoms with Gasteiger partial charge in [-0.15, -0.1) is 11.3 Å². The van der Waals surface area contributed by atoms with Crippen molar-refractivity contribution >= 4 is 32.2 Å². The first-order valence-corrected chi connectivity index (χ1v) is 11.4. The third-order valence-corrected chi connectivity index (χ3v) is 6.02. The fraction of sp³-hybridized carbons (Fsp3) is 0.200. The van der Waals surface area contributed by atoms with E-state index in [4.69, 9.17) is 4.74 Å². The molecule has 146 valence electrons. The van der Waals surface area contributed by atoms with Gasteiger partial charge in [0.2, 0.25) is 5.91 Å². The maximum absolute atomic E-state index is 12.2. The first kappa shape index (κ1) is 20.0. The van der Waals surface area contributed by atoms with Crippen molar-refractivity contribution in [3.8, 4) is 17.0 Å². The van der Waals surface area contributed by atoms with Gasteiger partial charge in [0, 0.05) is 10.9 Å². The van der Waals surface area contributed by atoms with Crippen molar-refractivity contribution in [2.75, 3.05) is 17.7 Å². The van der Waals surface area contributed by atoms with Gasteiger partial charge in [-0.2, -0.15) is 0 Å². The zero-order valence-corrected chi connectivity index (χ0v) is 16.9. The molecule has 28 heavy (non-hydrogen) atoms. The minimum absolute atomic E-state index is 0.170. The third kappa shape index (κ3) is 5.64. The van der Waals surface area contributed by atoms with Crippen LogP contribution in [0, 0.1) is 0 Å². The molecule has 0 aliphatic rings. The number of hydrogen-bond acceptors (Lipinski definition) is 6. The van der Waals surface area contributed by atoms with Crippen molar-refractivity contribution in [3.63, 3.8) is 0 Å². The average Bonchev–Trinajstić information content (AvgIpc) is 3.10. The van der Waals surface area contributed by atoms with E-state index in [1.807, 2.05) is 42.6 Å². The molecule has 0 saturated carbocycles. The van der Waals surface area contributed by atoms with E-state index in [0.717, 1.165) is 11.3 Å². The maximum atomic E-state index is 12.2. The second-order valence-corrected chi connectivity index (χ2v) is 8.98. The molecule has 1 N–H and O–H groups in total. The average molecular weight is 417 g/mol. The number of nitrogens with zero attached hydrogens (tertiary/aromatic N) is 1. The number of nitrogens with one attached hydrogen (secondary N) is 1. The van der Waals surface area contributed by atoms with Gasteiger partial charge in [-0.3, -0.25) is 4.79 Å². The monoisotopic (exact) mass is 416 g/mol. The SMILES string of the molecule is CCOc1ccc(-c2csc(NC(=O)CS(=O)(=O)Cc3ccccc3)n2)cc1. The topological polar surface area (TPSA) is 85.4 Å². The van der Waals surface area contributed by atoms with Crippen LogP contribution in [0.3, 0.4) is 0 Å². The van der Waals surface area contributed by atoms with Crippen LogP contribution in [-0.2, 0) is 20.4 Å². The lowest BCUT2D eigenvalue weighted by atomic mass is 10.2. The number of benzene rings is 2. The minimum Gasteiger partial charge on any atom is -0.494 e. The highest BCUT2D eigenvalue weighted by Crippen LogP contribution is 2.26. The van der Waals surface area contributed by atoms with Crippen LogP contribution < -0.4 is 10.1 Å². The molecule has 0 radical (unpaired) electrons. The van der Waals surface area contributed by atoms with Gasteiger partial charge in [0.15, 0.2) is 15.0 Å². The first-order chi connectivity index (χ1) is 13.4. The van der Waals surface area contributed by atoms with Crippen LogP contribution in [0.2, 0.25) is 0 Å². The molecule has 3 aromatic rings. The maximum Gasteiger partial charge on any atom is 0.241 e. The molecule has 0 spiro atoms. The molecular weight excluding hydrogens is 396 g/mol. The summed E-state index contributed by atoms with van der Waals surface area (Å²) in [6.07, 6.45) is 0. The summed E-state index contributed by atoms with van der Waals surface area (Å²) in [6, 6.07) is 16.3. The summed E-state index contributed by atoms with van der Waals surface area (Å²) in [5.74, 6) is -0.571. The number of anilines is 1. The highest BCUT2D eigenvalue weighted by atomic mass is 32.2. The number of ether oxygens (including phenoxy) is 1. The van der Waals surface area contributed by atoms with Crippen molar-refractivity contribution < 1.29 is 17.9 Å². The van der Waals surface area contributed by atoms with E-state index in [1.165, 1.54) is 11.3 Å². The molecular formula is C20H20N2O4S2. The smallest absolute Gasteiger partial charge is 0.241 e. The summed E-state index contributed by atoms with van der Waals surface area (Å²) in [5, 5.41) is 4.74. The number of amides is 1. The van der Waals surface area contributed by atoms with Crippen LogP contribution in [0.4, 0.5) is 5.13 Å². The Morgan fingerprint density at radius 2 is 1.82 bits per heavy atom. The fourth-order valence-electron chi connectivity index (χ4n) is 2.59. The van der Waals surface area contributed by atoms with Crippen LogP contribution in [-0.4, -0.2) is 31.7 Å². The number of thiazole rings is 1. The van der Waals surface area contributed by atoms with E-state index in [-0.39, 0.29) is 5.75 Å². The summed E-state index contributed by atoms with van der Waals surface area (Å²) >= 11 is 1.25. The summed E-state index contributed by atoms with van der Waals surface area (Å²) in [4.78, 5) is 16.5. The van der Waals surface area contributed by atoms with Crippen molar-refractivity contribution in [3.05, 3.63) is 65.5 Å². The predicted molar refractivity (Wildman–Crippen MR) is 111 cm³/mol. The molecule has 0 fully saturated rings. The van der Waals surface area contributed by atoms with Gasteiger partial charge in [0.05, 0.1) is 18.1 Å². The van der Waals surface area contributed by atoms with E-state index >= 15 is 0 Å². The Balaban J connectivity index is 1.60. The van der Waals surface area contributed by atoms with Crippen molar-refractivity contribution in [1.29, 1.82) is 0 Å². The number of rotatable bonds is 8. The van der Waals surface area contributed by atoms with Gasteiger partial charge in [0.25, 0.3) is 0 Å². The predicted octanol–water partition coefficient (Wildman–Crippen LogP) is 3.76. The Morgan fingerprint density at radius 1 is 1.11 bits per heavy atom. The van der Waals surface area contributed by atoms with Gasteiger partial charge in [-0.25, -0.2) is 13.4 Å². The Bertz CT molecular complexity index is 1030. The van der Waals surface area contributed by atoms with Gasteiger partial charge < -0.3 is 10.1 Å². The number of aromatic nitrogens is 1. The van der Waals surface area contributed by atoms with Gasteiger partial charge in [-0.1, -0.05) is 30.3 Å². The Labute approximate surface area is 168 Å². The fourth-order valence-corrected chi connectivity index (χ4v) is 4.60. The van der Waals surface area contributed by atoms with Crippen LogP contribution in [0.1, 0.15) is 12.5 Å². The molecule has 2 aromatic carbocycles. The van der Waals surface area contributed by atoms with E-state index in [2.05, 4.69) is 10.3 Å². The third-order valence-electron chi connectivity index (χ3n) is 3.79. The lowest BCUT2D eigenvalue weighted by Crippen LogP contribution is -2.23. The molecule has 3 rings (SSSR count). The van der Waals surface area contributed by atoms with Crippen molar-refractivity contribution in [2.45, 2.75) is 12.7 Å². The van der Waals surface area contributed by atoms with E-state index in [0.29, 0.717) is 23.0 Å². The highest BCUT2D eigenvalue weighted by molar-refractivity contribution is 7.91. The largest absolute Gasteiger partial charge is 0.494 e. The van der Waals surface area contributed by atoms with E-state index < -0.39 is 21.5 Å². The Hall–Kier alpha value is -2.71. The molecule has 1 heterocycles. The second kappa shape index (κ2) is 8.99. The van der Waals surface area contributed by atoms with E-state index in [9.17, 15) is 13.2 Å². The van der Waals surface area contributed by atoms with Crippen LogP contribution in [0.15, 0.2) is 60.0 Å². The first-order valence-electron chi connectivity index (χ1n) is 8.68. The lowest BCUT2D eigenvalue weighted by Gasteiger charge is -2.05. The van der Waals surface area contributed by atoms with Crippen molar-refractivity contribution in [1.82, 2.24) is 4.98 Å². The molecule has 6 nitrogen and oxygen atoms in total. The summed E-state index contributed by atoms with van der Waals surface area (Å²) in [5.41, 5.74) is 2.25. The number of hydrogen-bond donors (Lipinski definition) is 1. The molecule has 0 aliphatic carbocycles. The highest BCUT2D eigenvalue weighted by Gasteiger charge is 2.18. The molecule has 1 aromatic heterocycles. The molecule has 0 aliphatic heterocycles. The van der Waals surface area contributed by atoms with Crippen molar-refractivity contribution in [2.24, 2.45) is 0 Å². The second-order valence-electron chi connectivity index (χ2n) is 6.06. The number of carbonyl (C=O) groups excluding carboxylic acids is 1. The Kier molecular flexibility index (Phi) is 6.43. The summed E-state index contributed by atoms with van der Waals surface area (Å²) in [6.45, 7) is 2.52. The molecule has 0 atom stereocenters. The van der Waals surface area contributed by atoms with Crippen LogP contribution >= 0.6 is 11.3 Å². The minimum atomic E-state index is -3.56. The molecule has 8 heteroatoms. The molecule has 0 saturated heterocycles. The zero-order chi connectivity index (χ0) is 20.0. The van der Waals surface area contributed by atoms with Gasteiger partial charge >= 0.3 is 0 Å². The zero-order valence-electron chi connectivity index (χ0n) is 15.3. The quantitative estimate of drug-likeness (QED) is 0.604. The molecule has 0 unspecified atom stereocenters. The van der Waals surface area contributed by atoms with E-state index in [1.54, 1.807) is 24.3 Å². The Morgan fingerprint density at radius 3 is 2.50 bits per heavy atom. The standard InChI is InChI=1S/C20H20N2O4S2/c1-2-26-17-10-8-16(9-11-17)18-12-27-20(21-18)22-19(23)14-28(24,25)13-15-6-4-3-5-7-15/h3-12H,2,13-14H2,1H3,(H,21,22,23). The lowest BCUT2D eigenvalue weighted by molar-refractivity contribution is -0.113. The number of carbonyl (C=O) groups is 1. The van der Waals surface area contributed by atoms with Gasteiger partial charge in [-0.05, 0) is 36.8 Å². The number of sulfone groups is 1. The molecule has 0 bridgehead atoms. The van der Waals surface area contributed by atoms with Gasteiger partial charge in [0.1, 0.15) is 11.5 Å².